The molecule has 20 heavy (non-hydrogen) atoms. The summed E-state index contributed by atoms with van der Waals surface area (Å²) in [5, 5.41) is 9.72. The van der Waals surface area contributed by atoms with Crippen molar-refractivity contribution in [1.29, 1.82) is 0 Å². The smallest absolute Gasteiger partial charge is 0.305 e. The molecular formula is C13H13Cl2NO3S. The largest absolute Gasteiger partial charge is 0.481 e. The maximum Gasteiger partial charge on any atom is 0.305 e. The number of benzene rings is 1. The van der Waals surface area contributed by atoms with Crippen molar-refractivity contribution in [2.24, 2.45) is 0 Å². The van der Waals surface area contributed by atoms with Crippen LogP contribution in [0, 0.1) is 0 Å². The molecule has 0 bridgehead atoms. The first-order chi connectivity index (χ1) is 9.47. The Morgan fingerprint density at radius 3 is 2.55 bits per heavy atom. The van der Waals surface area contributed by atoms with E-state index in [2.05, 4.69) is 0 Å². The Morgan fingerprint density at radius 2 is 1.95 bits per heavy atom. The van der Waals surface area contributed by atoms with Crippen molar-refractivity contribution in [2.45, 2.75) is 12.5 Å². The van der Waals surface area contributed by atoms with Crippen molar-refractivity contribution in [3.05, 3.63) is 33.8 Å². The van der Waals surface area contributed by atoms with Gasteiger partial charge in [-0.15, -0.1) is 0 Å². The van der Waals surface area contributed by atoms with Gasteiger partial charge in [-0.3, -0.25) is 9.59 Å². The Balaban J connectivity index is 2.22. The molecule has 1 unspecified atom stereocenters. The molecule has 0 aromatic heterocycles. The average molecular weight is 334 g/mol. The van der Waals surface area contributed by atoms with Gasteiger partial charge in [0.15, 0.2) is 0 Å². The third-order valence-corrected chi connectivity index (χ3v) is 4.54. The predicted molar refractivity (Wildman–Crippen MR) is 80.9 cm³/mol. The Kier molecular flexibility index (Phi) is 5.18. The number of hydrogen-bond donors (Lipinski definition) is 1. The van der Waals surface area contributed by atoms with Crippen molar-refractivity contribution in [1.82, 2.24) is 4.90 Å². The lowest BCUT2D eigenvalue weighted by molar-refractivity contribution is -0.138. The highest BCUT2D eigenvalue weighted by Crippen LogP contribution is 2.24. The molecule has 1 amide bonds. The molecule has 1 atom stereocenters. The number of carbonyl (C=O) groups excluding carboxylic acids is 1. The van der Waals surface area contributed by atoms with Crippen molar-refractivity contribution < 1.29 is 14.7 Å². The third kappa shape index (κ3) is 3.81. The van der Waals surface area contributed by atoms with Gasteiger partial charge >= 0.3 is 5.97 Å². The molecule has 1 aromatic rings. The first-order valence-corrected chi connectivity index (χ1v) is 7.95. The zero-order valence-electron chi connectivity index (χ0n) is 10.5. The second kappa shape index (κ2) is 6.70. The van der Waals surface area contributed by atoms with Crippen LogP contribution in [0.5, 0.6) is 0 Å². The summed E-state index contributed by atoms with van der Waals surface area (Å²) < 4.78 is 0. The summed E-state index contributed by atoms with van der Waals surface area (Å²) in [5.41, 5.74) is 0.393. The fourth-order valence-corrected chi connectivity index (χ4v) is 3.72. The van der Waals surface area contributed by atoms with Crippen molar-refractivity contribution in [3.63, 3.8) is 0 Å². The van der Waals surface area contributed by atoms with Crippen LogP contribution in [-0.2, 0) is 4.79 Å². The Bertz CT molecular complexity index is 518. The van der Waals surface area contributed by atoms with Gasteiger partial charge in [0.1, 0.15) is 0 Å². The Labute approximate surface area is 131 Å². The topological polar surface area (TPSA) is 57.6 Å². The minimum Gasteiger partial charge on any atom is -0.481 e. The molecule has 1 aromatic carbocycles. The lowest BCUT2D eigenvalue weighted by atomic mass is 10.1. The van der Waals surface area contributed by atoms with Crippen LogP contribution in [0.15, 0.2) is 18.2 Å². The molecular weight excluding hydrogens is 321 g/mol. The molecule has 7 heteroatoms. The summed E-state index contributed by atoms with van der Waals surface area (Å²) in [6, 6.07) is 4.36. The standard InChI is InChI=1S/C13H13Cl2NO3S/c14-9-3-8(4-10(15)5-9)13(19)16-1-2-20-7-11(16)6-12(17)18/h3-5,11H,1-2,6-7H2,(H,17,18). The Morgan fingerprint density at radius 1 is 1.30 bits per heavy atom. The van der Waals surface area contributed by atoms with Crippen LogP contribution in [0.25, 0.3) is 0 Å². The number of carboxylic acid groups (broad SMARTS) is 1. The van der Waals surface area contributed by atoms with E-state index in [0.717, 1.165) is 5.75 Å². The molecule has 4 nitrogen and oxygen atoms in total. The number of amides is 1. The summed E-state index contributed by atoms with van der Waals surface area (Å²) >= 11 is 13.5. The van der Waals surface area contributed by atoms with Gasteiger partial charge in [-0.1, -0.05) is 23.2 Å². The van der Waals surface area contributed by atoms with Gasteiger partial charge in [0, 0.05) is 33.7 Å². The van der Waals surface area contributed by atoms with E-state index in [1.54, 1.807) is 34.9 Å². The fraction of sp³-hybridized carbons (Fsp3) is 0.385. The van der Waals surface area contributed by atoms with Gasteiger partial charge in [-0.25, -0.2) is 0 Å². The van der Waals surface area contributed by atoms with E-state index in [1.165, 1.54) is 0 Å². The Hall–Kier alpha value is -0.910. The average Bonchev–Trinajstić information content (AvgIpc) is 2.36. The second-order valence-corrected chi connectivity index (χ2v) is 6.51. The summed E-state index contributed by atoms with van der Waals surface area (Å²) in [5.74, 6) is 0.308. The molecule has 1 N–H and O–H groups in total. The quantitative estimate of drug-likeness (QED) is 0.923. The minimum atomic E-state index is -0.903. The molecule has 0 saturated carbocycles. The van der Waals surface area contributed by atoms with E-state index >= 15 is 0 Å². The second-order valence-electron chi connectivity index (χ2n) is 4.48. The maximum absolute atomic E-state index is 12.5. The highest BCUT2D eigenvalue weighted by molar-refractivity contribution is 7.99. The van der Waals surface area contributed by atoms with E-state index in [0.29, 0.717) is 27.9 Å². The van der Waals surface area contributed by atoms with Crippen LogP contribution in [0.3, 0.4) is 0 Å². The van der Waals surface area contributed by atoms with Crippen LogP contribution in [0.2, 0.25) is 10.0 Å². The first kappa shape index (κ1) is 15.5. The number of nitrogens with zero attached hydrogens (tertiary/aromatic N) is 1. The summed E-state index contributed by atoms with van der Waals surface area (Å²) in [7, 11) is 0. The molecule has 108 valence electrons. The molecule has 1 saturated heterocycles. The lowest BCUT2D eigenvalue weighted by Gasteiger charge is -2.34. The van der Waals surface area contributed by atoms with Crippen LogP contribution in [0.4, 0.5) is 0 Å². The summed E-state index contributed by atoms with van der Waals surface area (Å²) in [4.78, 5) is 25.0. The first-order valence-electron chi connectivity index (χ1n) is 6.04. The van der Waals surface area contributed by atoms with Crippen LogP contribution >= 0.6 is 35.0 Å². The molecule has 0 radical (unpaired) electrons. The van der Waals surface area contributed by atoms with E-state index in [1.807, 2.05) is 0 Å². The minimum absolute atomic E-state index is 0.0486. The normalized spacial score (nSPS) is 18.9. The van der Waals surface area contributed by atoms with E-state index < -0.39 is 5.97 Å². The molecule has 2 rings (SSSR count). The number of aliphatic carboxylic acids is 1. The molecule has 0 aliphatic carbocycles. The highest BCUT2D eigenvalue weighted by atomic mass is 35.5. The summed E-state index contributed by atoms with van der Waals surface area (Å²) in [6.45, 7) is 0.533. The summed E-state index contributed by atoms with van der Waals surface area (Å²) in [6.07, 6.45) is -0.0486. The molecule has 0 spiro atoms. The number of carbonyl (C=O) groups is 2. The maximum atomic E-state index is 12.5. The van der Waals surface area contributed by atoms with Gasteiger partial charge in [0.2, 0.25) is 0 Å². The zero-order chi connectivity index (χ0) is 14.7. The van der Waals surface area contributed by atoms with Crippen LogP contribution in [-0.4, -0.2) is 46.0 Å². The van der Waals surface area contributed by atoms with Gasteiger partial charge < -0.3 is 10.0 Å². The third-order valence-electron chi connectivity index (χ3n) is 3.01. The van der Waals surface area contributed by atoms with Gasteiger partial charge in [-0.2, -0.15) is 11.8 Å². The highest BCUT2D eigenvalue weighted by Gasteiger charge is 2.29. The number of halogens is 2. The van der Waals surface area contributed by atoms with Gasteiger partial charge in [0.25, 0.3) is 5.91 Å². The van der Waals surface area contributed by atoms with E-state index in [4.69, 9.17) is 28.3 Å². The van der Waals surface area contributed by atoms with E-state index in [9.17, 15) is 9.59 Å². The number of thioether (sulfide) groups is 1. The molecule has 1 aliphatic rings. The van der Waals surface area contributed by atoms with Crippen molar-refractivity contribution in [3.8, 4) is 0 Å². The van der Waals surface area contributed by atoms with Crippen molar-refractivity contribution in [2.75, 3.05) is 18.1 Å². The van der Waals surface area contributed by atoms with Gasteiger partial charge in [0.05, 0.1) is 12.5 Å². The van der Waals surface area contributed by atoms with Crippen LogP contribution in [0.1, 0.15) is 16.8 Å². The zero-order valence-corrected chi connectivity index (χ0v) is 12.8. The van der Waals surface area contributed by atoms with Crippen LogP contribution < -0.4 is 0 Å². The lowest BCUT2D eigenvalue weighted by Crippen LogP contribution is -2.47. The number of hydrogen-bond acceptors (Lipinski definition) is 3. The number of rotatable bonds is 3. The predicted octanol–water partition coefficient (Wildman–Crippen LogP) is 3.03. The fourth-order valence-electron chi connectivity index (χ4n) is 2.14. The molecule has 1 heterocycles. The SMILES string of the molecule is O=C(O)CC1CSCCN1C(=O)c1cc(Cl)cc(Cl)c1. The number of carboxylic acids is 1. The van der Waals surface area contributed by atoms with E-state index in [-0.39, 0.29) is 18.4 Å². The molecule has 1 fully saturated rings. The molecule has 1 aliphatic heterocycles. The van der Waals surface area contributed by atoms with Crippen molar-refractivity contribution >= 4 is 46.8 Å². The van der Waals surface area contributed by atoms with Gasteiger partial charge in [-0.05, 0) is 18.2 Å². The monoisotopic (exact) mass is 333 g/mol.